The normalized spacial score (nSPS) is 14.3. The fourth-order valence-electron chi connectivity index (χ4n) is 6.17. The van der Waals surface area contributed by atoms with E-state index in [1.807, 2.05) is 24.3 Å². The molecule has 0 bridgehead atoms. The minimum absolute atomic E-state index is 0.206. The van der Waals surface area contributed by atoms with Gasteiger partial charge in [0.05, 0.1) is 17.1 Å². The van der Waals surface area contributed by atoms with Gasteiger partial charge in [0.15, 0.2) is 0 Å². The predicted molar refractivity (Wildman–Crippen MR) is 194 cm³/mol. The average Bonchev–Trinajstić information content (AvgIpc) is 3.76. The predicted octanol–water partition coefficient (Wildman–Crippen LogP) is 4.86. The molecule has 13 heteroatoms. The number of aromatic nitrogens is 4. The van der Waals surface area contributed by atoms with Gasteiger partial charge < -0.3 is 39.9 Å². The molecule has 5 heterocycles. The molecule has 1 fully saturated rings. The number of amides is 4. The van der Waals surface area contributed by atoms with Gasteiger partial charge in [-0.2, -0.15) is 0 Å². The first-order chi connectivity index (χ1) is 23.8. The summed E-state index contributed by atoms with van der Waals surface area (Å²) in [5.41, 5.74) is 3.02. The zero-order chi connectivity index (χ0) is 35.6. The third kappa shape index (κ3) is 7.78. The Bertz CT molecular complexity index is 2080. The summed E-state index contributed by atoms with van der Waals surface area (Å²) < 4.78 is 4.89. The van der Waals surface area contributed by atoms with Gasteiger partial charge in [0, 0.05) is 64.4 Å². The van der Waals surface area contributed by atoms with Crippen LogP contribution in [0.1, 0.15) is 68.6 Å². The van der Waals surface area contributed by atoms with E-state index in [-0.39, 0.29) is 11.6 Å². The third-order valence-electron chi connectivity index (χ3n) is 9.27. The number of likely N-dealkylation sites (tertiary alicyclic amines) is 1. The Balaban J connectivity index is 1.03. The molecule has 1 saturated heterocycles. The van der Waals surface area contributed by atoms with Crippen LogP contribution in [0, 0.1) is 5.41 Å². The maximum absolute atomic E-state index is 13.2. The number of pyridine rings is 1. The van der Waals surface area contributed by atoms with Gasteiger partial charge in [-0.25, -0.2) is 0 Å². The average molecular weight is 678 g/mol. The molecular weight excluding hydrogens is 634 g/mol. The number of hydrogen-bond acceptors (Lipinski definition) is 6. The van der Waals surface area contributed by atoms with E-state index in [4.69, 9.17) is 0 Å². The SMILES string of the molecule is Cn1cc(NC(=O)c2cc(NC(=O)c3cc(NC(=O)c4cc5ccccc5cn4)cn3C)cn2C)cc1C(=O)NCCN1CCC(C)(C)CC1. The third-order valence-corrected chi connectivity index (χ3v) is 9.27. The molecule has 260 valence electrons. The van der Waals surface area contributed by atoms with Crippen LogP contribution in [0.5, 0.6) is 0 Å². The monoisotopic (exact) mass is 677 g/mol. The smallest absolute Gasteiger partial charge is 0.274 e. The Morgan fingerprint density at radius 3 is 1.70 bits per heavy atom. The van der Waals surface area contributed by atoms with E-state index in [2.05, 4.69) is 45.0 Å². The van der Waals surface area contributed by atoms with Crippen LogP contribution in [-0.2, 0) is 21.1 Å². The number of fused-ring (bicyclic) bond motifs is 1. The number of carbonyl (C=O) groups excluding carboxylic acids is 4. The Labute approximate surface area is 290 Å². The Morgan fingerprint density at radius 2 is 1.16 bits per heavy atom. The summed E-state index contributed by atoms with van der Waals surface area (Å²) in [5.74, 6) is -1.42. The van der Waals surface area contributed by atoms with Crippen molar-refractivity contribution in [2.24, 2.45) is 26.6 Å². The zero-order valence-corrected chi connectivity index (χ0v) is 29.0. The molecular formula is C37H43N9O4. The molecule has 50 heavy (non-hydrogen) atoms. The number of aryl methyl sites for hydroxylation is 3. The largest absolute Gasteiger partial charge is 0.349 e. The van der Waals surface area contributed by atoms with E-state index < -0.39 is 17.7 Å². The molecule has 0 spiro atoms. The lowest BCUT2D eigenvalue weighted by molar-refractivity contribution is 0.0925. The van der Waals surface area contributed by atoms with Crippen molar-refractivity contribution in [2.75, 3.05) is 42.1 Å². The van der Waals surface area contributed by atoms with Crippen molar-refractivity contribution in [3.63, 3.8) is 0 Å². The number of rotatable bonds is 10. The summed E-state index contributed by atoms with van der Waals surface area (Å²) in [6, 6.07) is 14.1. The van der Waals surface area contributed by atoms with Gasteiger partial charge in [-0.15, -0.1) is 0 Å². The number of hydrogen-bond donors (Lipinski definition) is 4. The quantitative estimate of drug-likeness (QED) is 0.166. The van der Waals surface area contributed by atoms with Gasteiger partial charge in [-0.3, -0.25) is 24.2 Å². The molecule has 1 aliphatic rings. The highest BCUT2D eigenvalue weighted by Gasteiger charge is 2.25. The molecule has 4 N–H and O–H groups in total. The Kier molecular flexibility index (Phi) is 9.60. The van der Waals surface area contributed by atoms with Gasteiger partial charge in [0.2, 0.25) is 0 Å². The molecule has 0 aliphatic carbocycles. The molecule has 6 rings (SSSR count). The fourth-order valence-corrected chi connectivity index (χ4v) is 6.17. The van der Waals surface area contributed by atoms with Crippen molar-refractivity contribution in [3.8, 4) is 0 Å². The van der Waals surface area contributed by atoms with Crippen molar-refractivity contribution in [3.05, 3.63) is 96.1 Å². The maximum atomic E-state index is 13.2. The minimum Gasteiger partial charge on any atom is -0.349 e. The molecule has 5 aromatic rings. The fraction of sp³-hybridized carbons (Fsp3) is 0.324. The van der Waals surface area contributed by atoms with Crippen LogP contribution in [0.4, 0.5) is 17.1 Å². The lowest BCUT2D eigenvalue weighted by Crippen LogP contribution is -2.41. The van der Waals surface area contributed by atoms with E-state index in [0.29, 0.717) is 46.1 Å². The molecule has 0 unspecified atom stereocenters. The number of nitrogens with one attached hydrogen (secondary N) is 4. The molecule has 0 radical (unpaired) electrons. The van der Waals surface area contributed by atoms with Crippen LogP contribution in [0.3, 0.4) is 0 Å². The van der Waals surface area contributed by atoms with Crippen LogP contribution >= 0.6 is 0 Å². The van der Waals surface area contributed by atoms with Crippen molar-refractivity contribution in [1.29, 1.82) is 0 Å². The lowest BCUT2D eigenvalue weighted by Gasteiger charge is -2.36. The van der Waals surface area contributed by atoms with Crippen molar-refractivity contribution >= 4 is 51.5 Å². The van der Waals surface area contributed by atoms with Crippen LogP contribution in [-0.4, -0.2) is 73.4 Å². The van der Waals surface area contributed by atoms with E-state index in [9.17, 15) is 19.2 Å². The van der Waals surface area contributed by atoms with Gasteiger partial charge in [-0.1, -0.05) is 38.1 Å². The van der Waals surface area contributed by atoms with Gasteiger partial charge in [0.1, 0.15) is 22.8 Å². The first-order valence-electron chi connectivity index (χ1n) is 16.6. The summed E-state index contributed by atoms with van der Waals surface area (Å²) in [6.07, 6.45) is 8.91. The number of nitrogens with zero attached hydrogens (tertiary/aromatic N) is 5. The van der Waals surface area contributed by atoms with Crippen LogP contribution in [0.2, 0.25) is 0 Å². The second kappa shape index (κ2) is 14.0. The second-order valence-electron chi connectivity index (χ2n) is 13.7. The van der Waals surface area contributed by atoms with Crippen LogP contribution in [0.25, 0.3) is 10.8 Å². The van der Waals surface area contributed by atoms with Gasteiger partial charge in [-0.05, 0) is 61.0 Å². The Morgan fingerprint density at radius 1 is 0.680 bits per heavy atom. The van der Waals surface area contributed by atoms with Crippen LogP contribution in [0.15, 0.2) is 73.3 Å². The van der Waals surface area contributed by atoms with E-state index in [1.165, 1.54) is 0 Å². The Hall–Kier alpha value is -5.69. The topological polar surface area (TPSA) is 147 Å². The number of benzene rings is 1. The first-order valence-corrected chi connectivity index (χ1v) is 16.6. The molecule has 4 amide bonds. The summed E-state index contributed by atoms with van der Waals surface area (Å²) in [5, 5.41) is 13.3. The highest BCUT2D eigenvalue weighted by Crippen LogP contribution is 2.29. The van der Waals surface area contributed by atoms with E-state index >= 15 is 0 Å². The first kappa shape index (κ1) is 34.2. The number of carbonyl (C=O) groups is 4. The van der Waals surface area contributed by atoms with Crippen molar-refractivity contribution in [2.45, 2.75) is 26.7 Å². The molecule has 4 aromatic heterocycles. The van der Waals surface area contributed by atoms with Crippen molar-refractivity contribution in [1.82, 2.24) is 28.9 Å². The van der Waals surface area contributed by atoms with Crippen LogP contribution < -0.4 is 21.3 Å². The maximum Gasteiger partial charge on any atom is 0.274 e. The summed E-state index contributed by atoms with van der Waals surface area (Å²) in [6.45, 7) is 8.01. The zero-order valence-electron chi connectivity index (χ0n) is 29.0. The lowest BCUT2D eigenvalue weighted by atomic mass is 9.83. The van der Waals surface area contributed by atoms with Crippen molar-refractivity contribution < 1.29 is 19.2 Å². The number of piperidine rings is 1. The molecule has 0 atom stereocenters. The molecule has 1 aromatic carbocycles. The molecule has 1 aliphatic heterocycles. The molecule has 13 nitrogen and oxygen atoms in total. The summed E-state index contributed by atoms with van der Waals surface area (Å²) in [4.78, 5) is 58.9. The molecule has 0 saturated carbocycles. The van der Waals surface area contributed by atoms with Gasteiger partial charge >= 0.3 is 0 Å². The summed E-state index contributed by atoms with van der Waals surface area (Å²) in [7, 11) is 5.16. The highest BCUT2D eigenvalue weighted by atomic mass is 16.2. The van der Waals surface area contributed by atoms with Gasteiger partial charge in [0.25, 0.3) is 23.6 Å². The van der Waals surface area contributed by atoms with E-state index in [1.54, 1.807) is 83.9 Å². The highest BCUT2D eigenvalue weighted by molar-refractivity contribution is 6.09. The number of anilines is 3. The minimum atomic E-state index is -0.419. The van der Waals surface area contributed by atoms with E-state index in [0.717, 1.165) is 43.2 Å². The second-order valence-corrected chi connectivity index (χ2v) is 13.7. The standard InChI is InChI=1S/C37H43N9O4/c1-37(2)10-13-46(14-11-37)15-12-38-34(48)30-17-27(22-43(30)3)41-36(50)32-19-28(23-45(32)5)42-35(49)31-18-26(21-44(31)4)40-33(47)29-16-24-8-6-7-9-25(24)20-39-29/h6-9,16-23H,10-15H2,1-5H3,(H,38,48)(H,40,47)(H,41,50)(H,42,49). The summed E-state index contributed by atoms with van der Waals surface area (Å²) >= 11 is 0.